The zero-order valence-electron chi connectivity index (χ0n) is 12.5. The lowest BCUT2D eigenvalue weighted by atomic mass is 10.2. The van der Waals surface area contributed by atoms with Crippen molar-refractivity contribution in [2.45, 2.75) is 27.2 Å². The highest BCUT2D eigenvalue weighted by Crippen LogP contribution is 2.26. The van der Waals surface area contributed by atoms with Crippen LogP contribution < -0.4 is 10.2 Å². The van der Waals surface area contributed by atoms with E-state index in [9.17, 15) is 10.1 Å². The highest BCUT2D eigenvalue weighted by atomic mass is 16.6. The lowest BCUT2D eigenvalue weighted by Gasteiger charge is -2.22. The fourth-order valence-electron chi connectivity index (χ4n) is 1.79. The molecule has 0 fully saturated rings. The Balaban J connectivity index is 3.14. The standard InChI is InChI=1S/C13H20N6O2/c1-4-6-15-13-16-8-11(19(20)21)12(17-13)18(5-2)9-10(3)7-14/h8,10H,4-6,9H2,1-3H3,(H,15,16,17). The monoisotopic (exact) mass is 292 g/mol. The van der Waals surface area contributed by atoms with E-state index >= 15 is 0 Å². The summed E-state index contributed by atoms with van der Waals surface area (Å²) in [5, 5.41) is 23.1. The Morgan fingerprint density at radius 1 is 1.57 bits per heavy atom. The fourth-order valence-corrected chi connectivity index (χ4v) is 1.79. The lowest BCUT2D eigenvalue weighted by molar-refractivity contribution is -0.384. The molecular weight excluding hydrogens is 272 g/mol. The molecule has 0 bridgehead atoms. The van der Waals surface area contributed by atoms with Crippen LogP contribution in [0.2, 0.25) is 0 Å². The Kier molecular flexibility index (Phi) is 6.33. The second kappa shape index (κ2) is 7.99. The summed E-state index contributed by atoms with van der Waals surface area (Å²) in [6.45, 7) is 7.25. The van der Waals surface area contributed by atoms with E-state index in [0.717, 1.165) is 6.42 Å². The molecule has 8 nitrogen and oxygen atoms in total. The summed E-state index contributed by atoms with van der Waals surface area (Å²) < 4.78 is 0. The van der Waals surface area contributed by atoms with Crippen molar-refractivity contribution in [3.8, 4) is 6.07 Å². The molecule has 1 atom stereocenters. The number of hydrogen-bond acceptors (Lipinski definition) is 7. The van der Waals surface area contributed by atoms with Gasteiger partial charge < -0.3 is 10.2 Å². The molecule has 0 amide bonds. The van der Waals surface area contributed by atoms with E-state index in [2.05, 4.69) is 21.4 Å². The summed E-state index contributed by atoms with van der Waals surface area (Å²) in [4.78, 5) is 20.6. The first-order chi connectivity index (χ1) is 10.0. The maximum atomic E-state index is 11.1. The van der Waals surface area contributed by atoms with E-state index in [-0.39, 0.29) is 17.4 Å². The van der Waals surface area contributed by atoms with Gasteiger partial charge in [-0.2, -0.15) is 10.2 Å². The van der Waals surface area contributed by atoms with E-state index in [0.29, 0.717) is 25.6 Å². The Bertz CT molecular complexity index is 528. The van der Waals surface area contributed by atoms with Crippen LogP contribution in [0.25, 0.3) is 0 Å². The zero-order valence-corrected chi connectivity index (χ0v) is 12.5. The van der Waals surface area contributed by atoms with Gasteiger partial charge in [0.15, 0.2) is 0 Å². The molecule has 1 aromatic rings. The van der Waals surface area contributed by atoms with Crippen LogP contribution in [0.1, 0.15) is 27.2 Å². The van der Waals surface area contributed by atoms with Crippen LogP contribution in [0.15, 0.2) is 6.20 Å². The van der Waals surface area contributed by atoms with Gasteiger partial charge in [0.1, 0.15) is 6.20 Å². The third-order valence-electron chi connectivity index (χ3n) is 2.88. The van der Waals surface area contributed by atoms with E-state index in [1.165, 1.54) is 6.20 Å². The Hall–Kier alpha value is -2.43. The van der Waals surface area contributed by atoms with Crippen LogP contribution in [0.4, 0.5) is 17.5 Å². The van der Waals surface area contributed by atoms with Crippen LogP contribution in [-0.2, 0) is 0 Å². The highest BCUT2D eigenvalue weighted by Gasteiger charge is 2.23. The van der Waals surface area contributed by atoms with E-state index in [4.69, 9.17) is 5.26 Å². The highest BCUT2D eigenvalue weighted by molar-refractivity contribution is 5.59. The van der Waals surface area contributed by atoms with Gasteiger partial charge in [0.2, 0.25) is 11.8 Å². The van der Waals surface area contributed by atoms with Gasteiger partial charge in [-0.25, -0.2) is 4.98 Å². The molecule has 1 aromatic heterocycles. The van der Waals surface area contributed by atoms with Gasteiger partial charge >= 0.3 is 5.69 Å². The topological polar surface area (TPSA) is 108 Å². The molecule has 0 spiro atoms. The predicted octanol–water partition coefficient (Wildman–Crippen LogP) is 2.19. The smallest absolute Gasteiger partial charge is 0.329 e. The van der Waals surface area contributed by atoms with Gasteiger partial charge in [-0.3, -0.25) is 10.1 Å². The average molecular weight is 292 g/mol. The number of nitrogens with one attached hydrogen (secondary N) is 1. The van der Waals surface area contributed by atoms with Crippen LogP contribution >= 0.6 is 0 Å². The van der Waals surface area contributed by atoms with Gasteiger partial charge in [-0.1, -0.05) is 6.92 Å². The van der Waals surface area contributed by atoms with E-state index in [1.54, 1.807) is 11.8 Å². The summed E-state index contributed by atoms with van der Waals surface area (Å²) in [6, 6.07) is 2.13. The van der Waals surface area contributed by atoms with Crippen molar-refractivity contribution >= 4 is 17.5 Å². The molecule has 1 heterocycles. The van der Waals surface area contributed by atoms with Crippen molar-refractivity contribution in [3.05, 3.63) is 16.3 Å². The van der Waals surface area contributed by atoms with Crippen molar-refractivity contribution in [2.24, 2.45) is 5.92 Å². The summed E-state index contributed by atoms with van der Waals surface area (Å²) in [7, 11) is 0. The molecule has 0 aliphatic carbocycles. The normalized spacial score (nSPS) is 11.5. The van der Waals surface area contributed by atoms with Gasteiger partial charge in [-0.05, 0) is 20.3 Å². The third-order valence-corrected chi connectivity index (χ3v) is 2.88. The Morgan fingerprint density at radius 2 is 2.29 bits per heavy atom. The number of anilines is 2. The summed E-state index contributed by atoms with van der Waals surface area (Å²) in [5.74, 6) is 0.366. The van der Waals surface area contributed by atoms with Crippen LogP contribution in [0, 0.1) is 27.4 Å². The SMILES string of the molecule is CCCNc1ncc([N+](=O)[O-])c(N(CC)CC(C)C#N)n1. The Labute approximate surface area is 124 Å². The predicted molar refractivity (Wildman–Crippen MR) is 80.1 cm³/mol. The molecule has 1 unspecified atom stereocenters. The van der Waals surface area contributed by atoms with Crippen molar-refractivity contribution in [3.63, 3.8) is 0 Å². The second-order valence-corrected chi connectivity index (χ2v) is 4.66. The molecule has 0 saturated heterocycles. The summed E-state index contributed by atoms with van der Waals surface area (Å²) in [6.07, 6.45) is 2.11. The molecule has 0 aliphatic heterocycles. The largest absolute Gasteiger partial charge is 0.354 e. The minimum Gasteiger partial charge on any atom is -0.354 e. The van der Waals surface area contributed by atoms with Gasteiger partial charge in [0, 0.05) is 19.6 Å². The molecule has 0 radical (unpaired) electrons. The number of hydrogen-bond donors (Lipinski definition) is 1. The molecule has 1 N–H and O–H groups in total. The molecule has 114 valence electrons. The molecule has 1 rings (SSSR count). The van der Waals surface area contributed by atoms with Crippen LogP contribution in [-0.4, -0.2) is 34.5 Å². The average Bonchev–Trinajstić information content (AvgIpc) is 2.49. The van der Waals surface area contributed by atoms with Crippen molar-refractivity contribution in [1.82, 2.24) is 9.97 Å². The van der Waals surface area contributed by atoms with Gasteiger partial charge in [0.05, 0.1) is 16.9 Å². The van der Waals surface area contributed by atoms with E-state index < -0.39 is 4.92 Å². The fraction of sp³-hybridized carbons (Fsp3) is 0.615. The van der Waals surface area contributed by atoms with Crippen LogP contribution in [0.5, 0.6) is 0 Å². The molecule has 0 aliphatic rings. The molecule has 8 heteroatoms. The molecule has 0 aromatic carbocycles. The first-order valence-electron chi connectivity index (χ1n) is 6.93. The lowest BCUT2D eigenvalue weighted by Crippen LogP contribution is -2.29. The molecular formula is C13H20N6O2. The quantitative estimate of drug-likeness (QED) is 0.577. The summed E-state index contributed by atoms with van der Waals surface area (Å²) >= 11 is 0. The van der Waals surface area contributed by atoms with Crippen LogP contribution in [0.3, 0.4) is 0 Å². The maximum absolute atomic E-state index is 11.1. The van der Waals surface area contributed by atoms with Gasteiger partial charge in [-0.15, -0.1) is 0 Å². The minimum atomic E-state index is -0.501. The number of aromatic nitrogens is 2. The van der Waals surface area contributed by atoms with E-state index in [1.807, 2.05) is 13.8 Å². The second-order valence-electron chi connectivity index (χ2n) is 4.66. The first kappa shape index (κ1) is 16.6. The number of nitro groups is 1. The zero-order chi connectivity index (χ0) is 15.8. The molecule has 21 heavy (non-hydrogen) atoms. The first-order valence-corrected chi connectivity index (χ1v) is 6.93. The Morgan fingerprint density at radius 3 is 2.81 bits per heavy atom. The van der Waals surface area contributed by atoms with Gasteiger partial charge in [0.25, 0.3) is 0 Å². The van der Waals surface area contributed by atoms with Crippen molar-refractivity contribution in [1.29, 1.82) is 5.26 Å². The van der Waals surface area contributed by atoms with Crippen molar-refractivity contribution < 1.29 is 4.92 Å². The number of rotatable bonds is 8. The van der Waals surface area contributed by atoms with Crippen molar-refractivity contribution in [2.75, 3.05) is 29.9 Å². The maximum Gasteiger partial charge on any atom is 0.329 e. The minimum absolute atomic E-state index is 0.149. The molecule has 0 saturated carbocycles. The third kappa shape index (κ3) is 4.56. The number of nitrogens with zero attached hydrogens (tertiary/aromatic N) is 5. The number of nitriles is 1. The summed E-state index contributed by atoms with van der Waals surface area (Å²) in [5.41, 5.74) is -0.149.